The largest absolute Gasteiger partial charge is 0.397 e. The summed E-state index contributed by atoms with van der Waals surface area (Å²) in [4.78, 5) is 2.26. The number of nitrogens with two attached hydrogens (primary N) is 1. The molecule has 3 aromatic rings. The normalized spacial score (nSPS) is 12.7. The Morgan fingerprint density at radius 2 is 1.45 bits per heavy atom. The fraction of sp³-hybridized carbons (Fsp3) is 0.0526. The predicted molar refractivity (Wildman–Crippen MR) is 96.0 cm³/mol. The molecule has 0 saturated heterocycles. The zero-order valence-electron chi connectivity index (χ0n) is 12.0. The van der Waals surface area contributed by atoms with Crippen molar-refractivity contribution in [3.8, 4) is 0 Å². The van der Waals surface area contributed by atoms with E-state index in [0.29, 0.717) is 0 Å². The van der Waals surface area contributed by atoms with Crippen LogP contribution in [0.3, 0.4) is 0 Å². The van der Waals surface area contributed by atoms with Crippen LogP contribution in [0, 0.1) is 0 Å². The van der Waals surface area contributed by atoms with Crippen LogP contribution in [0.2, 0.25) is 0 Å². The van der Waals surface area contributed by atoms with Gasteiger partial charge in [-0.05, 0) is 51.3 Å². The van der Waals surface area contributed by atoms with Gasteiger partial charge in [0.15, 0.2) is 0 Å². The van der Waals surface area contributed by atoms with E-state index in [0.717, 1.165) is 28.0 Å². The maximum atomic E-state index is 6.32. The van der Waals surface area contributed by atoms with Crippen LogP contribution in [0.15, 0.2) is 71.2 Å². The zero-order chi connectivity index (χ0) is 15.1. The van der Waals surface area contributed by atoms with Gasteiger partial charge in [-0.15, -0.1) is 0 Å². The third-order valence-electron chi connectivity index (χ3n) is 4.08. The summed E-state index contributed by atoms with van der Waals surface area (Å²) in [6, 6.07) is 22.9. The van der Waals surface area contributed by atoms with E-state index in [-0.39, 0.29) is 0 Å². The van der Waals surface area contributed by atoms with Crippen molar-refractivity contribution < 1.29 is 0 Å². The van der Waals surface area contributed by atoms with Crippen LogP contribution in [0.1, 0.15) is 11.1 Å². The van der Waals surface area contributed by atoms with Gasteiger partial charge in [0, 0.05) is 16.6 Å². The SMILES string of the molecule is Nc1cccc2c1N(c1ccccc1Br)c1ccccc1C2. The highest BCUT2D eigenvalue weighted by molar-refractivity contribution is 9.10. The molecule has 0 unspecified atom stereocenters. The van der Waals surface area contributed by atoms with E-state index in [2.05, 4.69) is 69.4 Å². The summed E-state index contributed by atoms with van der Waals surface area (Å²) < 4.78 is 1.06. The molecule has 2 N–H and O–H groups in total. The van der Waals surface area contributed by atoms with Gasteiger partial charge >= 0.3 is 0 Å². The second-order valence-electron chi connectivity index (χ2n) is 5.45. The van der Waals surface area contributed by atoms with Gasteiger partial charge in [-0.2, -0.15) is 0 Å². The smallest absolute Gasteiger partial charge is 0.0727 e. The average molecular weight is 351 g/mol. The number of nitrogen functional groups attached to an aromatic ring is 1. The molecule has 22 heavy (non-hydrogen) atoms. The van der Waals surface area contributed by atoms with Gasteiger partial charge in [-0.3, -0.25) is 0 Å². The minimum Gasteiger partial charge on any atom is -0.397 e. The van der Waals surface area contributed by atoms with Gasteiger partial charge in [-0.25, -0.2) is 0 Å². The standard InChI is InChI=1S/C19H15BrN2/c20-15-8-2-4-11-18(15)22-17-10-3-1-6-13(17)12-14-7-5-9-16(21)19(14)22/h1-11H,12,21H2. The molecule has 0 atom stereocenters. The Bertz CT molecular complexity index is 847. The predicted octanol–water partition coefficient (Wildman–Crippen LogP) is 5.41. The van der Waals surface area contributed by atoms with E-state index in [1.54, 1.807) is 0 Å². The summed E-state index contributed by atoms with van der Waals surface area (Å²) in [7, 11) is 0. The van der Waals surface area contributed by atoms with Crippen molar-refractivity contribution >= 4 is 38.7 Å². The molecule has 1 aliphatic heterocycles. The minimum absolute atomic E-state index is 0.808. The number of para-hydroxylation sites is 3. The van der Waals surface area contributed by atoms with Crippen LogP contribution >= 0.6 is 15.9 Å². The van der Waals surface area contributed by atoms with Gasteiger partial charge in [0.25, 0.3) is 0 Å². The molecule has 0 amide bonds. The monoisotopic (exact) mass is 350 g/mol. The Kier molecular flexibility index (Phi) is 3.16. The zero-order valence-corrected chi connectivity index (χ0v) is 13.5. The first-order valence-corrected chi connectivity index (χ1v) is 8.05. The minimum atomic E-state index is 0.808. The van der Waals surface area contributed by atoms with Crippen LogP contribution in [0.5, 0.6) is 0 Å². The lowest BCUT2D eigenvalue weighted by Crippen LogP contribution is -2.20. The number of nitrogens with zero attached hydrogens (tertiary/aromatic N) is 1. The average Bonchev–Trinajstić information content (AvgIpc) is 2.54. The first-order valence-electron chi connectivity index (χ1n) is 7.25. The van der Waals surface area contributed by atoms with Crippen LogP contribution in [0.4, 0.5) is 22.7 Å². The molecule has 4 rings (SSSR count). The molecule has 1 heterocycles. The second kappa shape index (κ2) is 5.18. The first-order chi connectivity index (χ1) is 10.8. The summed E-state index contributed by atoms with van der Waals surface area (Å²) in [6.07, 6.45) is 0.914. The Balaban J connectivity index is 2.04. The van der Waals surface area contributed by atoms with E-state index in [1.165, 1.54) is 16.8 Å². The summed E-state index contributed by atoms with van der Waals surface area (Å²) in [5.41, 5.74) is 13.1. The van der Waals surface area contributed by atoms with Crippen molar-refractivity contribution in [2.75, 3.05) is 10.6 Å². The van der Waals surface area contributed by atoms with Crippen LogP contribution in [0.25, 0.3) is 0 Å². The molecule has 1 aliphatic rings. The molecule has 0 fully saturated rings. The molecule has 2 nitrogen and oxygen atoms in total. The van der Waals surface area contributed by atoms with E-state index in [1.807, 2.05) is 18.2 Å². The molecule has 0 aliphatic carbocycles. The molecular weight excluding hydrogens is 336 g/mol. The number of fused-ring (bicyclic) bond motifs is 2. The Labute approximate surface area is 138 Å². The Morgan fingerprint density at radius 3 is 2.27 bits per heavy atom. The molecule has 0 aromatic heterocycles. The fourth-order valence-corrected chi connectivity index (χ4v) is 3.58. The number of rotatable bonds is 1. The van der Waals surface area contributed by atoms with Gasteiger partial charge in [0.2, 0.25) is 0 Å². The quantitative estimate of drug-likeness (QED) is 0.465. The maximum absolute atomic E-state index is 6.32. The number of benzene rings is 3. The Morgan fingerprint density at radius 1 is 0.773 bits per heavy atom. The summed E-state index contributed by atoms with van der Waals surface area (Å²) in [5.74, 6) is 0. The number of hydrogen-bond acceptors (Lipinski definition) is 2. The highest BCUT2D eigenvalue weighted by atomic mass is 79.9. The van der Waals surface area contributed by atoms with Crippen molar-refractivity contribution in [1.29, 1.82) is 0 Å². The van der Waals surface area contributed by atoms with E-state index in [4.69, 9.17) is 5.73 Å². The van der Waals surface area contributed by atoms with Crippen molar-refractivity contribution in [3.05, 3.63) is 82.3 Å². The summed E-state index contributed by atoms with van der Waals surface area (Å²) in [6.45, 7) is 0. The van der Waals surface area contributed by atoms with Crippen molar-refractivity contribution in [2.45, 2.75) is 6.42 Å². The third-order valence-corrected chi connectivity index (χ3v) is 4.75. The lowest BCUT2D eigenvalue weighted by atomic mass is 9.94. The van der Waals surface area contributed by atoms with Gasteiger partial charge < -0.3 is 10.6 Å². The van der Waals surface area contributed by atoms with Crippen molar-refractivity contribution in [1.82, 2.24) is 0 Å². The van der Waals surface area contributed by atoms with Crippen LogP contribution in [-0.4, -0.2) is 0 Å². The highest BCUT2D eigenvalue weighted by Crippen LogP contribution is 2.48. The lowest BCUT2D eigenvalue weighted by Gasteiger charge is -2.34. The third kappa shape index (κ3) is 2.01. The van der Waals surface area contributed by atoms with Crippen molar-refractivity contribution in [3.63, 3.8) is 0 Å². The molecular formula is C19H15BrN2. The molecule has 0 bridgehead atoms. The maximum Gasteiger partial charge on any atom is 0.0727 e. The lowest BCUT2D eigenvalue weighted by molar-refractivity contribution is 1.09. The summed E-state index contributed by atoms with van der Waals surface area (Å²) in [5, 5.41) is 0. The van der Waals surface area contributed by atoms with E-state index < -0.39 is 0 Å². The van der Waals surface area contributed by atoms with Crippen LogP contribution in [-0.2, 0) is 6.42 Å². The van der Waals surface area contributed by atoms with Crippen LogP contribution < -0.4 is 10.6 Å². The molecule has 108 valence electrons. The molecule has 3 aromatic carbocycles. The highest BCUT2D eigenvalue weighted by Gasteiger charge is 2.26. The van der Waals surface area contributed by atoms with Gasteiger partial charge in [0.1, 0.15) is 0 Å². The van der Waals surface area contributed by atoms with E-state index >= 15 is 0 Å². The molecule has 3 heteroatoms. The number of halogens is 1. The summed E-state index contributed by atoms with van der Waals surface area (Å²) >= 11 is 3.68. The van der Waals surface area contributed by atoms with Crippen molar-refractivity contribution in [2.24, 2.45) is 0 Å². The second-order valence-corrected chi connectivity index (χ2v) is 6.30. The number of anilines is 4. The van der Waals surface area contributed by atoms with Gasteiger partial charge in [0.05, 0.1) is 17.1 Å². The molecule has 0 spiro atoms. The van der Waals surface area contributed by atoms with Gasteiger partial charge in [-0.1, -0.05) is 42.5 Å². The van der Waals surface area contributed by atoms with E-state index in [9.17, 15) is 0 Å². The topological polar surface area (TPSA) is 29.3 Å². The number of hydrogen-bond donors (Lipinski definition) is 1. The first kappa shape index (κ1) is 13.4. The fourth-order valence-electron chi connectivity index (χ4n) is 3.11. The molecule has 0 radical (unpaired) electrons. The molecule has 0 saturated carbocycles. The Hall–Kier alpha value is -2.26.